The van der Waals surface area contributed by atoms with E-state index in [4.69, 9.17) is 15.6 Å². The Labute approximate surface area is 166 Å². The van der Waals surface area contributed by atoms with Crippen molar-refractivity contribution >= 4 is 40.6 Å². The molecule has 0 atom stereocenters. The Balaban J connectivity index is 1.79. The number of ether oxygens (including phenoxy) is 1. The first-order valence-electron chi connectivity index (χ1n) is 8.73. The van der Waals surface area contributed by atoms with Crippen LogP contribution in [0.25, 0.3) is 0 Å². The fraction of sp³-hybridized carbons (Fsp3) is 0.100. The van der Waals surface area contributed by atoms with E-state index in [1.54, 1.807) is 43.3 Å². The van der Waals surface area contributed by atoms with E-state index in [-0.39, 0.29) is 17.9 Å². The zero-order chi connectivity index (χ0) is 20.8. The number of anilines is 5. The number of carboxylic acid groups (broad SMARTS) is 1. The third-order valence-electron chi connectivity index (χ3n) is 3.91. The molecule has 0 aliphatic carbocycles. The van der Waals surface area contributed by atoms with Crippen molar-refractivity contribution in [3.63, 3.8) is 0 Å². The average molecular weight is 393 g/mol. The van der Waals surface area contributed by atoms with Crippen molar-refractivity contribution in [2.45, 2.75) is 6.92 Å². The molecule has 0 aliphatic rings. The second-order valence-corrected chi connectivity index (χ2v) is 5.92. The smallest absolute Gasteiger partial charge is 0.338 e. The van der Waals surface area contributed by atoms with Crippen LogP contribution in [0.2, 0.25) is 0 Å². The number of nitrogen functional groups attached to an aromatic ring is 1. The molecule has 2 aromatic carbocycles. The molecule has 0 saturated heterocycles. The summed E-state index contributed by atoms with van der Waals surface area (Å²) < 4.78 is 5.00. The number of hydrogen-bond acceptors (Lipinski definition) is 8. The first-order valence-corrected chi connectivity index (χ1v) is 8.73. The van der Waals surface area contributed by atoms with Gasteiger partial charge in [-0.25, -0.2) is 19.6 Å². The maximum atomic E-state index is 11.9. The number of carbonyl (C=O) groups excluding carboxylic acids is 1. The molecule has 29 heavy (non-hydrogen) atoms. The normalized spacial score (nSPS) is 10.2. The van der Waals surface area contributed by atoms with Crippen LogP contribution in [0.3, 0.4) is 0 Å². The van der Waals surface area contributed by atoms with Crippen molar-refractivity contribution < 1.29 is 19.4 Å². The molecule has 9 heteroatoms. The average Bonchev–Trinajstić information content (AvgIpc) is 2.72. The molecule has 0 saturated carbocycles. The van der Waals surface area contributed by atoms with Crippen molar-refractivity contribution in [3.8, 4) is 0 Å². The van der Waals surface area contributed by atoms with E-state index in [9.17, 15) is 9.59 Å². The summed E-state index contributed by atoms with van der Waals surface area (Å²) in [7, 11) is 0. The van der Waals surface area contributed by atoms with E-state index in [0.29, 0.717) is 28.6 Å². The van der Waals surface area contributed by atoms with Gasteiger partial charge in [-0.3, -0.25) is 0 Å². The van der Waals surface area contributed by atoms with Crippen LogP contribution in [0.4, 0.5) is 28.7 Å². The first kappa shape index (κ1) is 19.6. The topological polar surface area (TPSA) is 139 Å². The Hall–Kier alpha value is -4.14. The summed E-state index contributed by atoms with van der Waals surface area (Å²) in [6.07, 6.45) is 1.34. The molecule has 1 aromatic heterocycles. The van der Waals surface area contributed by atoms with Crippen LogP contribution in [0, 0.1) is 0 Å². The molecule has 0 aliphatic heterocycles. The van der Waals surface area contributed by atoms with Crippen LogP contribution in [0.1, 0.15) is 27.6 Å². The number of nitrogens with one attached hydrogen (secondary N) is 2. The van der Waals surface area contributed by atoms with Crippen molar-refractivity contribution in [2.24, 2.45) is 0 Å². The molecular formula is C20H19N5O4. The summed E-state index contributed by atoms with van der Waals surface area (Å²) in [4.78, 5) is 31.1. The van der Waals surface area contributed by atoms with E-state index in [0.717, 1.165) is 0 Å². The van der Waals surface area contributed by atoms with Gasteiger partial charge in [-0.15, -0.1) is 0 Å². The summed E-state index contributed by atoms with van der Waals surface area (Å²) in [6.45, 7) is 2.03. The summed E-state index contributed by atoms with van der Waals surface area (Å²) in [5, 5.41) is 15.1. The lowest BCUT2D eigenvalue weighted by Gasteiger charge is -2.13. The summed E-state index contributed by atoms with van der Waals surface area (Å²) >= 11 is 0. The number of esters is 1. The monoisotopic (exact) mass is 393 g/mol. The van der Waals surface area contributed by atoms with Gasteiger partial charge in [0.2, 0.25) is 0 Å². The fourth-order valence-electron chi connectivity index (χ4n) is 2.50. The number of benzene rings is 2. The third-order valence-corrected chi connectivity index (χ3v) is 3.91. The minimum absolute atomic E-state index is 0.176. The van der Waals surface area contributed by atoms with Gasteiger partial charge in [-0.2, -0.15) is 0 Å². The quantitative estimate of drug-likeness (QED) is 0.444. The van der Waals surface area contributed by atoms with Crippen molar-refractivity contribution in [1.29, 1.82) is 0 Å². The van der Waals surface area contributed by atoms with Gasteiger partial charge in [-0.1, -0.05) is 6.07 Å². The molecule has 0 radical (unpaired) electrons. The largest absolute Gasteiger partial charge is 0.478 e. The van der Waals surface area contributed by atoms with E-state index in [2.05, 4.69) is 20.6 Å². The number of nitrogens with two attached hydrogens (primary N) is 1. The van der Waals surface area contributed by atoms with Crippen LogP contribution in [0.5, 0.6) is 0 Å². The van der Waals surface area contributed by atoms with Crippen molar-refractivity contribution in [2.75, 3.05) is 23.0 Å². The number of aromatic carboxylic acids is 1. The van der Waals surface area contributed by atoms with Gasteiger partial charge in [-0.05, 0) is 49.4 Å². The van der Waals surface area contributed by atoms with Gasteiger partial charge in [0.05, 0.1) is 17.7 Å². The van der Waals surface area contributed by atoms with Crippen LogP contribution in [0.15, 0.2) is 54.9 Å². The van der Waals surface area contributed by atoms with Gasteiger partial charge in [0.25, 0.3) is 0 Å². The zero-order valence-corrected chi connectivity index (χ0v) is 15.5. The number of carboxylic acids is 1. The molecule has 0 bridgehead atoms. The highest BCUT2D eigenvalue weighted by Crippen LogP contribution is 2.28. The van der Waals surface area contributed by atoms with E-state index in [1.807, 2.05) is 0 Å². The highest BCUT2D eigenvalue weighted by Gasteiger charge is 2.11. The van der Waals surface area contributed by atoms with Crippen molar-refractivity contribution in [1.82, 2.24) is 9.97 Å². The zero-order valence-electron chi connectivity index (χ0n) is 15.5. The van der Waals surface area contributed by atoms with Crippen LogP contribution < -0.4 is 16.4 Å². The molecule has 3 rings (SSSR count). The number of rotatable bonds is 7. The number of nitrogens with zero attached hydrogens (tertiary/aromatic N) is 2. The predicted molar refractivity (Wildman–Crippen MR) is 109 cm³/mol. The SMILES string of the molecule is CCOC(=O)c1cccc(Nc2ncnc(Nc3ccc(C(=O)O)cc3)c2N)c1. The molecule has 1 heterocycles. The van der Waals surface area contributed by atoms with E-state index in [1.165, 1.54) is 18.5 Å². The maximum Gasteiger partial charge on any atom is 0.338 e. The molecule has 0 unspecified atom stereocenters. The third kappa shape index (κ3) is 4.78. The Morgan fingerprint density at radius 3 is 2.28 bits per heavy atom. The Morgan fingerprint density at radius 2 is 1.66 bits per heavy atom. The Kier molecular flexibility index (Phi) is 5.88. The van der Waals surface area contributed by atoms with Crippen LogP contribution in [-0.4, -0.2) is 33.6 Å². The second-order valence-electron chi connectivity index (χ2n) is 5.92. The number of carbonyl (C=O) groups is 2. The molecule has 5 N–H and O–H groups in total. The lowest BCUT2D eigenvalue weighted by atomic mass is 10.2. The maximum absolute atomic E-state index is 11.9. The lowest BCUT2D eigenvalue weighted by Crippen LogP contribution is -2.07. The second kappa shape index (κ2) is 8.70. The van der Waals surface area contributed by atoms with E-state index >= 15 is 0 Å². The van der Waals surface area contributed by atoms with Gasteiger partial charge in [0.1, 0.15) is 12.0 Å². The van der Waals surface area contributed by atoms with Gasteiger partial charge >= 0.3 is 11.9 Å². The standard InChI is InChI=1S/C20H19N5O4/c1-2-29-20(28)13-4-3-5-15(10-13)25-18-16(21)17(22-11-23-18)24-14-8-6-12(7-9-14)19(26)27/h3-11H,2,21H2,1H3,(H,26,27)(H2,22,23,24,25). The molecule has 3 aromatic rings. The fourth-order valence-corrected chi connectivity index (χ4v) is 2.50. The first-order chi connectivity index (χ1) is 14.0. The van der Waals surface area contributed by atoms with Gasteiger partial charge in [0.15, 0.2) is 11.6 Å². The molecular weight excluding hydrogens is 374 g/mol. The molecule has 148 valence electrons. The minimum Gasteiger partial charge on any atom is -0.478 e. The Bertz CT molecular complexity index is 1040. The van der Waals surface area contributed by atoms with Gasteiger partial charge in [0, 0.05) is 11.4 Å². The Morgan fingerprint density at radius 1 is 1.00 bits per heavy atom. The van der Waals surface area contributed by atoms with Crippen molar-refractivity contribution in [3.05, 3.63) is 66.0 Å². The molecule has 0 fully saturated rings. The van der Waals surface area contributed by atoms with Crippen LogP contribution in [-0.2, 0) is 4.74 Å². The number of aromatic nitrogens is 2. The molecule has 0 spiro atoms. The predicted octanol–water partition coefficient (Wildman–Crippen LogP) is 3.42. The highest BCUT2D eigenvalue weighted by molar-refractivity contribution is 5.91. The van der Waals surface area contributed by atoms with Crippen LogP contribution >= 0.6 is 0 Å². The number of hydrogen-bond donors (Lipinski definition) is 4. The minimum atomic E-state index is -1.00. The highest BCUT2D eigenvalue weighted by atomic mass is 16.5. The molecule has 0 amide bonds. The van der Waals surface area contributed by atoms with Gasteiger partial charge < -0.3 is 26.2 Å². The summed E-state index contributed by atoms with van der Waals surface area (Å²) in [5.41, 5.74) is 8.24. The summed E-state index contributed by atoms with van der Waals surface area (Å²) in [6, 6.07) is 12.9. The molecule has 9 nitrogen and oxygen atoms in total. The van der Waals surface area contributed by atoms with E-state index < -0.39 is 11.9 Å². The summed E-state index contributed by atoms with van der Waals surface area (Å²) in [5.74, 6) is -0.716. The lowest BCUT2D eigenvalue weighted by molar-refractivity contribution is 0.0526.